The number of pyridine rings is 1. The first kappa shape index (κ1) is 14.1. The van der Waals surface area contributed by atoms with E-state index in [4.69, 9.17) is 9.15 Å². The van der Waals surface area contributed by atoms with Crippen LogP contribution < -0.4 is 5.32 Å². The molecule has 6 nitrogen and oxygen atoms in total. The van der Waals surface area contributed by atoms with Crippen LogP contribution in [-0.4, -0.2) is 22.5 Å². The average molecular weight is 279 g/mol. The summed E-state index contributed by atoms with van der Waals surface area (Å²) in [6, 6.07) is 2.79. The second-order valence-corrected chi connectivity index (χ2v) is 4.10. The smallest absolute Gasteiger partial charge is 0.246 e. The molecule has 0 spiro atoms. The number of nitrogens with zero attached hydrogens (tertiary/aromatic N) is 2. The Morgan fingerprint density at radius 2 is 2.25 bits per heavy atom. The maximum absolute atomic E-state index is 12.6. The molecule has 0 atom stereocenters. The number of ether oxygens (including phenoxy) is 1. The van der Waals surface area contributed by atoms with Gasteiger partial charge < -0.3 is 14.5 Å². The van der Waals surface area contributed by atoms with Crippen molar-refractivity contribution in [2.75, 3.05) is 6.61 Å². The molecule has 20 heavy (non-hydrogen) atoms. The van der Waals surface area contributed by atoms with E-state index in [1.54, 1.807) is 13.1 Å². The van der Waals surface area contributed by atoms with Crippen molar-refractivity contribution >= 4 is 5.91 Å². The minimum Gasteiger partial charge on any atom is -0.443 e. The Kier molecular flexibility index (Phi) is 4.78. The Labute approximate surface area is 115 Å². The molecule has 0 fully saturated rings. The molecule has 2 aromatic heterocycles. The zero-order valence-electron chi connectivity index (χ0n) is 10.9. The van der Waals surface area contributed by atoms with Crippen LogP contribution in [0.15, 0.2) is 28.9 Å². The first-order chi connectivity index (χ1) is 9.63. The number of halogens is 1. The van der Waals surface area contributed by atoms with Gasteiger partial charge in [0.25, 0.3) is 0 Å². The fraction of sp³-hybridized carbons (Fsp3) is 0.308. The number of oxazole rings is 1. The summed E-state index contributed by atoms with van der Waals surface area (Å²) in [5.74, 6) is 0.412. The summed E-state index contributed by atoms with van der Waals surface area (Å²) in [6.07, 6.45) is 2.68. The minimum atomic E-state index is -0.412. The highest BCUT2D eigenvalue weighted by atomic mass is 19.1. The summed E-state index contributed by atoms with van der Waals surface area (Å²) in [5.41, 5.74) is 0.572. The summed E-state index contributed by atoms with van der Waals surface area (Å²) in [7, 11) is 0. The molecule has 2 aromatic rings. The van der Waals surface area contributed by atoms with Crippen LogP contribution in [0.25, 0.3) is 0 Å². The van der Waals surface area contributed by atoms with Gasteiger partial charge in [-0.1, -0.05) is 0 Å². The van der Waals surface area contributed by atoms with Crippen molar-refractivity contribution in [1.29, 1.82) is 0 Å². The number of hydrogen-bond acceptors (Lipinski definition) is 5. The molecule has 106 valence electrons. The molecule has 0 aliphatic heterocycles. The second-order valence-electron chi connectivity index (χ2n) is 4.10. The molecular weight excluding hydrogens is 265 g/mol. The first-order valence-electron chi connectivity index (χ1n) is 5.99. The second kappa shape index (κ2) is 6.76. The lowest BCUT2D eigenvalue weighted by atomic mass is 10.3. The number of carbonyl (C=O) groups excluding carboxylic acids is 1. The number of hydrogen-bond donors (Lipinski definition) is 1. The van der Waals surface area contributed by atoms with Crippen LogP contribution in [0, 0.1) is 12.7 Å². The maximum atomic E-state index is 12.6. The fourth-order valence-corrected chi connectivity index (χ4v) is 1.45. The molecule has 0 aromatic carbocycles. The van der Waals surface area contributed by atoms with Gasteiger partial charge in [-0.25, -0.2) is 9.37 Å². The minimum absolute atomic E-state index is 0.109. The monoisotopic (exact) mass is 279 g/mol. The number of aromatic nitrogens is 2. The van der Waals surface area contributed by atoms with E-state index in [-0.39, 0.29) is 25.7 Å². The van der Waals surface area contributed by atoms with Crippen LogP contribution >= 0.6 is 0 Å². The predicted octanol–water partition coefficient (Wildman–Crippen LogP) is 1.35. The van der Waals surface area contributed by atoms with Gasteiger partial charge in [-0.2, -0.15) is 0 Å². The summed E-state index contributed by atoms with van der Waals surface area (Å²) >= 11 is 0. The molecule has 0 saturated carbocycles. The quantitative estimate of drug-likeness (QED) is 0.863. The molecule has 1 N–H and O–H groups in total. The summed E-state index contributed by atoms with van der Waals surface area (Å²) in [6.45, 7) is 2.03. The highest BCUT2D eigenvalue weighted by Crippen LogP contribution is 2.02. The SMILES string of the molecule is Cc1cnc(COCC(=O)NCc2ccc(F)cn2)o1. The van der Waals surface area contributed by atoms with Gasteiger partial charge in [-0.15, -0.1) is 0 Å². The van der Waals surface area contributed by atoms with Crippen molar-refractivity contribution in [3.8, 4) is 0 Å². The molecule has 0 aliphatic carbocycles. The van der Waals surface area contributed by atoms with Crippen LogP contribution in [0.1, 0.15) is 17.3 Å². The third-order valence-electron chi connectivity index (χ3n) is 2.38. The third kappa shape index (κ3) is 4.43. The number of carbonyl (C=O) groups is 1. The standard InChI is InChI=1S/C13H14FN3O3/c1-9-4-17-13(20-9)8-19-7-12(18)16-6-11-3-2-10(14)5-15-11/h2-5H,6-8H2,1H3,(H,16,18). The van der Waals surface area contributed by atoms with Gasteiger partial charge in [0.05, 0.1) is 24.6 Å². The van der Waals surface area contributed by atoms with E-state index in [0.29, 0.717) is 17.3 Å². The molecule has 7 heteroatoms. The van der Waals surface area contributed by atoms with Crippen molar-refractivity contribution in [2.45, 2.75) is 20.1 Å². The third-order valence-corrected chi connectivity index (χ3v) is 2.38. The first-order valence-corrected chi connectivity index (χ1v) is 5.99. The molecule has 1 amide bonds. The van der Waals surface area contributed by atoms with E-state index in [0.717, 1.165) is 6.20 Å². The van der Waals surface area contributed by atoms with Crippen molar-refractivity contribution < 1.29 is 18.3 Å². The van der Waals surface area contributed by atoms with E-state index in [1.165, 1.54) is 12.1 Å². The Hall–Kier alpha value is -2.28. The van der Waals surface area contributed by atoms with E-state index < -0.39 is 5.82 Å². The van der Waals surface area contributed by atoms with E-state index in [2.05, 4.69) is 15.3 Å². The summed E-state index contributed by atoms with van der Waals surface area (Å²) < 4.78 is 23.0. The van der Waals surface area contributed by atoms with Crippen molar-refractivity contribution in [3.05, 3.63) is 47.7 Å². The van der Waals surface area contributed by atoms with Gasteiger partial charge >= 0.3 is 0 Å². The topological polar surface area (TPSA) is 77.2 Å². The normalized spacial score (nSPS) is 10.5. The lowest BCUT2D eigenvalue weighted by molar-refractivity contribution is -0.126. The average Bonchev–Trinajstić information content (AvgIpc) is 2.84. The molecule has 0 bridgehead atoms. The molecule has 2 heterocycles. The Morgan fingerprint density at radius 1 is 1.40 bits per heavy atom. The lowest BCUT2D eigenvalue weighted by Gasteiger charge is -2.04. The molecule has 0 saturated heterocycles. The molecular formula is C13H14FN3O3. The Morgan fingerprint density at radius 3 is 2.90 bits per heavy atom. The fourth-order valence-electron chi connectivity index (χ4n) is 1.45. The van der Waals surface area contributed by atoms with E-state index in [9.17, 15) is 9.18 Å². The van der Waals surface area contributed by atoms with Crippen molar-refractivity contribution in [3.63, 3.8) is 0 Å². The highest BCUT2D eigenvalue weighted by molar-refractivity contribution is 5.77. The predicted molar refractivity (Wildman–Crippen MR) is 66.9 cm³/mol. The van der Waals surface area contributed by atoms with Crippen LogP contribution in [0.4, 0.5) is 4.39 Å². The van der Waals surface area contributed by atoms with E-state index >= 15 is 0 Å². The van der Waals surface area contributed by atoms with Crippen LogP contribution in [0.2, 0.25) is 0 Å². The zero-order valence-corrected chi connectivity index (χ0v) is 10.9. The van der Waals surface area contributed by atoms with Crippen molar-refractivity contribution in [1.82, 2.24) is 15.3 Å². The van der Waals surface area contributed by atoms with Crippen LogP contribution in [0.5, 0.6) is 0 Å². The highest BCUT2D eigenvalue weighted by Gasteiger charge is 2.05. The number of rotatable bonds is 6. The molecule has 0 unspecified atom stereocenters. The molecule has 2 rings (SSSR count). The van der Waals surface area contributed by atoms with Gasteiger partial charge in [-0.3, -0.25) is 9.78 Å². The van der Waals surface area contributed by atoms with Gasteiger partial charge in [-0.05, 0) is 19.1 Å². The largest absolute Gasteiger partial charge is 0.443 e. The number of aryl methyl sites for hydroxylation is 1. The summed E-state index contributed by atoms with van der Waals surface area (Å²) in [4.78, 5) is 19.3. The van der Waals surface area contributed by atoms with Gasteiger partial charge in [0.1, 0.15) is 24.8 Å². The van der Waals surface area contributed by atoms with Gasteiger partial charge in [0.15, 0.2) is 0 Å². The van der Waals surface area contributed by atoms with Crippen LogP contribution in [0.3, 0.4) is 0 Å². The number of nitrogens with one attached hydrogen (secondary N) is 1. The van der Waals surface area contributed by atoms with E-state index in [1.807, 2.05) is 0 Å². The van der Waals surface area contributed by atoms with Crippen molar-refractivity contribution in [2.24, 2.45) is 0 Å². The maximum Gasteiger partial charge on any atom is 0.246 e. The molecule has 0 radical (unpaired) electrons. The van der Waals surface area contributed by atoms with Gasteiger partial charge in [0.2, 0.25) is 11.8 Å². The Bertz CT molecular complexity index is 568. The summed E-state index contributed by atoms with van der Waals surface area (Å²) in [5, 5.41) is 2.61. The Balaban J connectivity index is 1.66. The number of amides is 1. The molecule has 0 aliphatic rings. The van der Waals surface area contributed by atoms with Gasteiger partial charge in [0, 0.05) is 0 Å². The zero-order chi connectivity index (χ0) is 14.4. The van der Waals surface area contributed by atoms with Crippen LogP contribution in [-0.2, 0) is 22.7 Å². The lowest BCUT2D eigenvalue weighted by Crippen LogP contribution is -2.27.